The molecule has 2 unspecified atom stereocenters. The van der Waals surface area contributed by atoms with Crippen LogP contribution in [0.2, 0.25) is 0 Å². The summed E-state index contributed by atoms with van der Waals surface area (Å²) < 4.78 is 118. The monoisotopic (exact) mass is 799 g/mol. The summed E-state index contributed by atoms with van der Waals surface area (Å²) in [7, 11) is -7.60. The van der Waals surface area contributed by atoms with Crippen molar-refractivity contribution < 1.29 is 46.5 Å². The van der Waals surface area contributed by atoms with Gasteiger partial charge >= 0.3 is 17.0 Å². The van der Waals surface area contributed by atoms with Crippen LogP contribution >= 0.6 is 15.9 Å². The quantitative estimate of drug-likeness (QED) is 0.115. The minimum atomic E-state index is -5.33. The third kappa shape index (κ3) is 9.11. The maximum atomic E-state index is 16.6. The SMILES string of the molecule is [2H]C[C@H]1O[C@@H](n2cc(C)c(=O)[nH]c2=O)[C@H](F)[C@@H]1OP(C)(=O)C(F)(F)C[C@H]1O[C@@H](n2cc(C)c(=O)[nH]c2=O)[C@H](F)[C@@H]1OP(OCC[N+]#[C-])N(C(C)C)C(C)C. The van der Waals surface area contributed by atoms with Crippen LogP contribution in [0.15, 0.2) is 31.6 Å². The fourth-order valence-electron chi connectivity index (χ4n) is 5.91. The molecule has 0 saturated carbocycles. The van der Waals surface area contributed by atoms with E-state index in [1.807, 2.05) is 9.97 Å². The van der Waals surface area contributed by atoms with E-state index in [-0.39, 0.29) is 36.4 Å². The first-order valence-electron chi connectivity index (χ1n) is 17.2. The van der Waals surface area contributed by atoms with Crippen LogP contribution < -0.4 is 22.5 Å². The first-order chi connectivity index (χ1) is 25.1. The largest absolute Gasteiger partial charge is 0.349 e. The maximum absolute atomic E-state index is 16.6. The molecule has 2 aliphatic heterocycles. The summed E-state index contributed by atoms with van der Waals surface area (Å²) in [5.41, 5.74) is -8.17. The second-order valence-electron chi connectivity index (χ2n) is 13.4. The number of aryl methyl sites for hydroxylation is 2. The Morgan fingerprint density at radius 1 is 1.00 bits per heavy atom. The summed E-state index contributed by atoms with van der Waals surface area (Å²) in [6, 6.07) is -0.582. The van der Waals surface area contributed by atoms with E-state index >= 15 is 17.6 Å². The molecule has 0 radical (unpaired) electrons. The van der Waals surface area contributed by atoms with E-state index in [2.05, 4.69) is 4.85 Å². The highest BCUT2D eigenvalue weighted by atomic mass is 31.2. The lowest BCUT2D eigenvalue weighted by Crippen LogP contribution is -2.40. The Labute approximate surface area is 304 Å². The van der Waals surface area contributed by atoms with Crippen molar-refractivity contribution in [1.29, 1.82) is 0 Å². The number of hydrogen-bond donors (Lipinski definition) is 2. The highest BCUT2D eigenvalue weighted by molar-refractivity contribution is 7.59. The van der Waals surface area contributed by atoms with Crippen molar-refractivity contribution in [2.24, 2.45) is 0 Å². The van der Waals surface area contributed by atoms with Crippen LogP contribution in [0.3, 0.4) is 0 Å². The molecular weight excluding hydrogens is 754 g/mol. The van der Waals surface area contributed by atoms with Crippen molar-refractivity contribution in [2.75, 3.05) is 19.8 Å². The van der Waals surface area contributed by atoms with Gasteiger partial charge in [0.05, 0.1) is 18.6 Å². The highest BCUT2D eigenvalue weighted by Crippen LogP contribution is 2.63. The van der Waals surface area contributed by atoms with Crippen LogP contribution in [0, 0.1) is 20.4 Å². The fraction of sp³-hybridized carbons (Fsp3) is 0.710. The third-order valence-electron chi connectivity index (χ3n) is 8.60. The molecule has 22 heteroatoms. The topological polar surface area (TPSA) is 181 Å². The Kier molecular flexibility index (Phi) is 13.0. The molecule has 53 heavy (non-hydrogen) atoms. The molecule has 10 atom stereocenters. The van der Waals surface area contributed by atoms with E-state index in [9.17, 15) is 23.7 Å². The Bertz CT molecular complexity index is 1970. The van der Waals surface area contributed by atoms with Gasteiger partial charge in [0, 0.05) is 43.6 Å². The normalized spacial score (nSPS) is 28.4. The summed E-state index contributed by atoms with van der Waals surface area (Å²) in [5.74, 6) is 0. The molecule has 0 spiro atoms. The average Bonchev–Trinajstić information content (AvgIpc) is 3.54. The van der Waals surface area contributed by atoms with Gasteiger partial charge in [0.25, 0.3) is 27.0 Å². The molecule has 0 bridgehead atoms. The first kappa shape index (κ1) is 41.2. The number of H-pyrrole nitrogens is 2. The van der Waals surface area contributed by atoms with Crippen LogP contribution in [0.5, 0.6) is 0 Å². The van der Waals surface area contributed by atoms with E-state index in [4.69, 9.17) is 31.0 Å². The zero-order valence-electron chi connectivity index (χ0n) is 31.0. The third-order valence-corrected chi connectivity index (χ3v) is 12.7. The van der Waals surface area contributed by atoms with Gasteiger partial charge in [0.2, 0.25) is 6.54 Å². The lowest BCUT2D eigenvalue weighted by molar-refractivity contribution is -0.0669. The van der Waals surface area contributed by atoms with E-state index in [1.54, 1.807) is 32.4 Å². The molecule has 2 fully saturated rings. The summed E-state index contributed by atoms with van der Waals surface area (Å²) >= 11 is 0. The van der Waals surface area contributed by atoms with Crippen LogP contribution in [-0.4, -0.2) is 98.1 Å². The van der Waals surface area contributed by atoms with Crippen molar-refractivity contribution in [3.63, 3.8) is 0 Å². The Balaban J connectivity index is 1.69. The zero-order chi connectivity index (χ0) is 40.4. The van der Waals surface area contributed by atoms with Crippen LogP contribution in [0.1, 0.15) is 66.0 Å². The van der Waals surface area contributed by atoms with Gasteiger partial charge in [-0.25, -0.2) is 29.6 Å². The lowest BCUT2D eigenvalue weighted by Gasteiger charge is -2.38. The van der Waals surface area contributed by atoms with Gasteiger partial charge in [-0.3, -0.25) is 33.3 Å². The molecule has 2 aliphatic rings. The number of nitrogens with zero attached hydrogens (tertiary/aromatic N) is 4. The molecule has 0 aromatic carbocycles. The second-order valence-corrected chi connectivity index (χ2v) is 17.3. The molecule has 2 aromatic heterocycles. The number of halogens is 4. The smallest absolute Gasteiger partial charge is 0.330 e. The standard InChI is InChI=1S/C31H44F4N6O10P2/c1-15(2)41(16(3)4)52(47-11-10-36-8)50-24-20(49-28(22(24)33)40-14-18(6)26(43)38-30(40)45)12-31(34,35)53(9,46)51-23-19(7)48-27(21(23)32)39-13-17(5)25(42)37-29(39)44/h13-16,19-24,27-28H,10-12H2,1-7,9H3,(H,37,42,44)(H,38,43,45)/t19-,20-,21-,22-,23-,24-,27-,28-,52?,53?/m1/s1/i7D. The number of ether oxygens (including phenoxy) is 2. The van der Waals surface area contributed by atoms with Crippen molar-refractivity contribution >= 4 is 15.9 Å². The minimum Gasteiger partial charge on any atom is -0.349 e. The number of hydrogen-bond acceptors (Lipinski definition) is 11. The molecule has 2 saturated heterocycles. The molecule has 2 aromatic rings. The predicted octanol–water partition coefficient (Wildman–Crippen LogP) is 4.14. The van der Waals surface area contributed by atoms with Crippen molar-refractivity contribution in [3.05, 3.63) is 76.6 Å². The Morgan fingerprint density at radius 3 is 2.00 bits per heavy atom. The number of nitrogens with one attached hydrogen (secondary N) is 2. The fourth-order valence-corrected chi connectivity index (χ4v) is 9.05. The van der Waals surface area contributed by atoms with Gasteiger partial charge in [0.15, 0.2) is 24.8 Å². The average molecular weight is 800 g/mol. The molecule has 2 N–H and O–H groups in total. The molecule has 4 heterocycles. The Hall–Kier alpha value is -3.01. The molecule has 16 nitrogen and oxygen atoms in total. The van der Waals surface area contributed by atoms with Gasteiger partial charge in [-0.05, 0) is 48.4 Å². The van der Waals surface area contributed by atoms with Gasteiger partial charge in [-0.2, -0.15) is 8.78 Å². The van der Waals surface area contributed by atoms with Crippen molar-refractivity contribution in [1.82, 2.24) is 23.8 Å². The van der Waals surface area contributed by atoms with Crippen LogP contribution in [0.4, 0.5) is 17.6 Å². The lowest BCUT2D eigenvalue weighted by atomic mass is 10.1. The Morgan fingerprint density at radius 2 is 1.51 bits per heavy atom. The summed E-state index contributed by atoms with van der Waals surface area (Å²) in [6.07, 6.45) is -15.6. The van der Waals surface area contributed by atoms with Crippen molar-refractivity contribution in [3.8, 4) is 0 Å². The van der Waals surface area contributed by atoms with E-state index in [1.165, 1.54) is 13.8 Å². The number of rotatable bonds is 15. The summed E-state index contributed by atoms with van der Waals surface area (Å²) in [4.78, 5) is 56.3. The van der Waals surface area contributed by atoms with Crippen LogP contribution in [-0.2, 0) is 27.6 Å². The predicted molar refractivity (Wildman–Crippen MR) is 185 cm³/mol. The van der Waals surface area contributed by atoms with E-state index < -0.39 is 107 Å². The van der Waals surface area contributed by atoms with Crippen molar-refractivity contribution in [2.45, 2.75) is 122 Å². The van der Waals surface area contributed by atoms with E-state index in [0.29, 0.717) is 15.8 Å². The summed E-state index contributed by atoms with van der Waals surface area (Å²) in [5, 5.41) is 0. The number of aromatic amines is 2. The van der Waals surface area contributed by atoms with Gasteiger partial charge in [-0.1, -0.05) is 0 Å². The van der Waals surface area contributed by atoms with Gasteiger partial charge in [-0.15, -0.1) is 0 Å². The van der Waals surface area contributed by atoms with E-state index in [0.717, 1.165) is 12.4 Å². The minimum absolute atomic E-state index is 0.00709. The van der Waals surface area contributed by atoms with Crippen LogP contribution in [0.25, 0.3) is 4.85 Å². The molecule has 4 rings (SSSR count). The molecule has 0 amide bonds. The first-order valence-corrected chi connectivity index (χ1v) is 19.7. The molecule has 296 valence electrons. The highest BCUT2D eigenvalue weighted by Gasteiger charge is 2.59. The number of alkyl halides is 4. The summed E-state index contributed by atoms with van der Waals surface area (Å²) in [6.45, 7) is 16.4. The number of aromatic nitrogens is 4. The van der Waals surface area contributed by atoms with Gasteiger partial charge in [0.1, 0.15) is 18.8 Å². The second kappa shape index (κ2) is 16.8. The molecule has 0 aliphatic carbocycles. The maximum Gasteiger partial charge on any atom is 0.330 e. The zero-order valence-corrected chi connectivity index (χ0v) is 31.8. The molecular formula is C31H44F4N6O10P2. The van der Waals surface area contributed by atoms with Gasteiger partial charge < -0.3 is 27.9 Å².